The van der Waals surface area contributed by atoms with Crippen LogP contribution in [0, 0.1) is 22.7 Å². The van der Waals surface area contributed by atoms with E-state index in [1.807, 2.05) is 0 Å². The van der Waals surface area contributed by atoms with Crippen molar-refractivity contribution in [3.8, 4) is 0 Å². The number of ether oxygens (including phenoxy) is 21. The summed E-state index contributed by atoms with van der Waals surface area (Å²) in [5.74, 6) is -12.6. The third-order valence-corrected chi connectivity index (χ3v) is 29.2. The maximum Gasteiger partial charge on any atom is 0.337 e. The minimum absolute atomic E-state index is 0.00957. The van der Waals surface area contributed by atoms with E-state index in [1.165, 1.54) is 25.2 Å². The van der Waals surface area contributed by atoms with Gasteiger partial charge in [0.25, 0.3) is 5.91 Å². The largest absolute Gasteiger partial charge is 0.467 e. The lowest BCUT2D eigenvalue weighted by Gasteiger charge is -2.62. The Morgan fingerprint density at radius 1 is 0.451 bits per heavy atom. The SMILES string of the molecule is COC(=O)C1O[C@@H](O[C@H]2C(CO)O[C@@H](O[C@@H]3C(C(=O)OC)O[C@@H](O[C@H]4C(CO)O[C@@H](O[C@@H]5C(C(=O)NNCCCC6OC7CC8C9CCC%10=CC(=O)C=CC%10(C)C9(F)C(O)CC8(C)C7(C(=O)COC(C)=O)O6)O[C@@H](O[C@H]6C(CO)O[C@@H](O[C@@H]7C(C(=O)OC)O[C@@H](O[C@H]8C(CO)O[C@@H](C)C(NC(C)=O)[C@@H]8O)C(O)[C@@H]7O)C(NC(C)=O)[C@@H]6O)C(O)[C@@H]5O)C(NC(C)=O)[C@@H]4O)C(O)[C@@H]3O)C(NC(C)=O)[C@@H]2O)C(O)[C@H](O)[C@@H]1O. The lowest BCUT2D eigenvalue weighted by atomic mass is 9.44. The Morgan fingerprint density at radius 3 is 1.25 bits per heavy atom. The van der Waals surface area contributed by atoms with E-state index < -0.39 is 390 Å². The van der Waals surface area contributed by atoms with Gasteiger partial charge in [-0.1, -0.05) is 18.6 Å². The van der Waals surface area contributed by atoms with Gasteiger partial charge in [0.05, 0.1) is 72.1 Å². The first kappa shape index (κ1) is 114. The molecule has 0 spiro atoms. The molecule has 13 rings (SSSR count). The second-order valence-corrected chi connectivity index (χ2v) is 38.2. The number of hydrogen-bond acceptors (Lipinski definition) is 51. The monoisotopic (exact) mass is 2080 g/mol. The molecule has 57 heteroatoms. The Labute approximate surface area is 819 Å². The molecule has 0 radical (unpaired) electrons. The molecule has 4 aliphatic carbocycles. The summed E-state index contributed by atoms with van der Waals surface area (Å²) in [5, 5.41) is 218. The van der Waals surface area contributed by atoms with Crippen molar-refractivity contribution in [3.05, 3.63) is 23.8 Å². The van der Waals surface area contributed by atoms with E-state index in [4.69, 9.17) is 94.7 Å². The van der Waals surface area contributed by atoms with Crippen LogP contribution >= 0.6 is 0 Å². The molecule has 5 amide bonds. The number of methoxy groups -OCH3 is 3. The zero-order chi connectivity index (χ0) is 106. The van der Waals surface area contributed by atoms with Gasteiger partial charge in [0.15, 0.2) is 98.4 Å². The summed E-state index contributed by atoms with van der Waals surface area (Å²) in [5.41, 5.74) is -1.68. The van der Waals surface area contributed by atoms with Gasteiger partial charge in [0.1, 0.15) is 165 Å². The summed E-state index contributed by atoms with van der Waals surface area (Å²) in [6.07, 6.45) is -78.0. The average molecular weight is 2080 g/mol. The molecule has 814 valence electrons. The number of rotatable bonds is 34. The summed E-state index contributed by atoms with van der Waals surface area (Å²) in [7, 11) is 2.57. The number of hydrazine groups is 1. The minimum Gasteiger partial charge on any atom is -0.467 e. The van der Waals surface area contributed by atoms with Crippen molar-refractivity contribution in [2.24, 2.45) is 22.7 Å². The van der Waals surface area contributed by atoms with Gasteiger partial charge in [0, 0.05) is 57.9 Å². The summed E-state index contributed by atoms with van der Waals surface area (Å²) in [6, 6.07) is -7.27. The number of Topliss-reactive ketones (excluding diaryl/α,β-unsaturated/α-hetero) is 1. The number of carbonyl (C=O) groups excluding carboxylic acids is 11. The number of hydrogen-bond donors (Lipinski definition) is 24. The summed E-state index contributed by atoms with van der Waals surface area (Å²) >= 11 is 0. The summed E-state index contributed by atoms with van der Waals surface area (Å²) in [4.78, 5) is 147. The molecule has 25 unspecified atom stereocenters. The van der Waals surface area contributed by atoms with Crippen molar-refractivity contribution in [2.45, 2.75) is 369 Å². The zero-order valence-corrected chi connectivity index (χ0v) is 79.7. The Bertz CT molecular complexity index is 4620. The second kappa shape index (κ2) is 46.6. The zero-order valence-electron chi connectivity index (χ0n) is 79.7. The van der Waals surface area contributed by atoms with Crippen LogP contribution in [-0.4, -0.2) is 493 Å². The van der Waals surface area contributed by atoms with Crippen molar-refractivity contribution in [2.75, 3.05) is 60.9 Å². The van der Waals surface area contributed by atoms with Crippen LogP contribution in [-0.2, 0) is 152 Å². The lowest BCUT2D eigenvalue weighted by molar-refractivity contribution is -0.381. The molecule has 56 nitrogen and oxygen atoms in total. The molecule has 9 saturated heterocycles. The van der Waals surface area contributed by atoms with Crippen LogP contribution in [0.4, 0.5) is 4.39 Å². The molecule has 0 aromatic heterocycles. The van der Waals surface area contributed by atoms with Gasteiger partial charge in [-0.05, 0) is 70.4 Å². The Balaban J connectivity index is 0.744. The molecule has 0 aromatic carbocycles. The van der Waals surface area contributed by atoms with E-state index in [9.17, 15) is 140 Å². The first-order valence-electron chi connectivity index (χ1n) is 46.7. The second-order valence-electron chi connectivity index (χ2n) is 38.2. The van der Waals surface area contributed by atoms with Gasteiger partial charge in [-0.2, -0.15) is 0 Å². The van der Waals surface area contributed by atoms with Crippen molar-refractivity contribution < 1.29 is 249 Å². The van der Waals surface area contributed by atoms with Gasteiger partial charge in [-0.3, -0.25) is 43.8 Å². The first-order chi connectivity index (χ1) is 68.0. The van der Waals surface area contributed by atoms with Crippen LogP contribution < -0.4 is 32.1 Å². The standard InChI is InChI=1S/C87H129FN6O50/c1-27-45(90-28(2)99)49(107)62(37(22-95)128-27)133-82-60(118)56(114)67(71(142-82)75(122)125-10)138-79-48(93-31(5)102)52(110)64(39(24-97)131-79)135-81-59(117)55(113)66(70(141-81)73(120)94-89-18-12-13-44-132-43-20-36-35-15-14-33-19-34(104)16-17-84(33,7)86(35,88)41(105)21-85(36,8)87(43,144-44)42(106)26-127-32(6)103)137-77-46(91-29(3)100)50(108)65(40(25-98)129-77)136-83-61(119)57(115)68(72(143-83)76(123)126-11)139-78-47(92-30(4)101)51(109)63(38(23-96)130-78)134-80-58(116)53(111)54(112)69(140-80)74(121)124-9/h16-17,19,27,35-41,43-72,77-83,89,95-98,105,107-119H,12-15,18,20-26H2,1-11H3,(H,90,99)(H,91,100)(H,92,101)(H,93,102)(H,94,120)/t27-,35?,36?,37?,38?,39?,40?,41?,43?,44?,45?,46?,47?,48?,49-,50-,51-,52-,53+,54-,55-,56-,57-,58?,59?,60?,61?,62-,63-,64-,65-,66-,67-,68-,69?,70?,71?,72?,77-,78-,79-,80+,81+,82+,83+,84?,85?,86?,87?/m0/s1. The van der Waals surface area contributed by atoms with Gasteiger partial charge in [-0.25, -0.2) is 24.2 Å². The molecule has 12 fully saturated rings. The molecule has 0 bridgehead atoms. The Morgan fingerprint density at radius 2 is 0.833 bits per heavy atom. The van der Waals surface area contributed by atoms with E-state index in [0.29, 0.717) is 5.57 Å². The van der Waals surface area contributed by atoms with Gasteiger partial charge < -0.3 is 213 Å². The molecule has 9 heterocycles. The average Bonchev–Trinajstić information content (AvgIpc) is 1.47. The highest BCUT2D eigenvalue weighted by Gasteiger charge is 2.80. The number of esters is 4. The van der Waals surface area contributed by atoms with Crippen LogP contribution in [0.5, 0.6) is 0 Å². The number of aliphatic hydroxyl groups excluding tert-OH is 18. The number of fused-ring (bicyclic) bond motifs is 7. The number of ketones is 2. The third-order valence-electron chi connectivity index (χ3n) is 29.2. The maximum absolute atomic E-state index is 18.4. The smallest absolute Gasteiger partial charge is 0.337 e. The topological polar surface area (TPSA) is 818 Å². The molecule has 9 aliphatic heterocycles. The number of carbonyl (C=O) groups is 11. The highest BCUT2D eigenvalue weighted by Crippen LogP contribution is 2.72. The maximum atomic E-state index is 18.4. The number of alkyl halides is 1. The summed E-state index contributed by atoms with van der Waals surface area (Å²) in [6.45, 7) is 4.05. The van der Waals surface area contributed by atoms with Crippen molar-refractivity contribution in [1.82, 2.24) is 32.1 Å². The number of halogens is 1. The van der Waals surface area contributed by atoms with Gasteiger partial charge >= 0.3 is 23.9 Å². The van der Waals surface area contributed by atoms with Gasteiger partial charge in [0.2, 0.25) is 29.4 Å². The molecule has 24 N–H and O–H groups in total. The van der Waals surface area contributed by atoms with Crippen LogP contribution in [0.1, 0.15) is 93.9 Å². The molecule has 3 saturated carbocycles. The number of aliphatic hydroxyl groups is 18. The number of nitrogens with one attached hydrogen (secondary N) is 6. The lowest BCUT2D eigenvalue weighted by Crippen LogP contribution is -2.71. The fraction of sp³-hybridized carbons (Fsp3) is 0.828. The summed E-state index contributed by atoms with van der Waals surface area (Å²) < 4.78 is 141. The molecular formula is C87H129FN6O50. The van der Waals surface area contributed by atoms with Crippen molar-refractivity contribution in [1.29, 1.82) is 0 Å². The van der Waals surface area contributed by atoms with Crippen LogP contribution in [0.2, 0.25) is 0 Å². The fourth-order valence-corrected chi connectivity index (χ4v) is 22.1. The Hall–Kier alpha value is -7.46. The predicted molar refractivity (Wildman–Crippen MR) is 455 cm³/mol. The first-order valence-corrected chi connectivity index (χ1v) is 46.7. The molecular weight excluding hydrogens is 1950 g/mol. The van der Waals surface area contributed by atoms with E-state index in [-0.39, 0.29) is 50.9 Å². The quantitative estimate of drug-likeness (QED) is 0.0123. The van der Waals surface area contributed by atoms with Crippen LogP contribution in [0.25, 0.3) is 0 Å². The van der Waals surface area contributed by atoms with E-state index >= 15 is 9.18 Å². The molecule has 49 atom stereocenters. The molecule has 13 aliphatic rings. The molecule has 0 aromatic rings. The van der Waals surface area contributed by atoms with Crippen molar-refractivity contribution >= 4 is 65.0 Å². The number of amides is 5. The third kappa shape index (κ3) is 22.0. The normalized spacial score (nSPS) is 46.1. The predicted octanol–water partition coefficient (Wildman–Crippen LogP) is -14.3. The van der Waals surface area contributed by atoms with E-state index in [2.05, 4.69) is 36.9 Å². The van der Waals surface area contributed by atoms with E-state index in [1.54, 1.807) is 13.8 Å². The fourth-order valence-electron chi connectivity index (χ4n) is 22.1. The van der Waals surface area contributed by atoms with Crippen molar-refractivity contribution in [3.63, 3.8) is 0 Å². The molecule has 144 heavy (non-hydrogen) atoms. The highest BCUT2D eigenvalue weighted by molar-refractivity contribution is 6.01. The van der Waals surface area contributed by atoms with Crippen LogP contribution in [0.15, 0.2) is 23.8 Å². The van der Waals surface area contributed by atoms with Gasteiger partial charge in [-0.15, -0.1) is 0 Å². The minimum atomic E-state index is -2.61. The Kier molecular flexibility index (Phi) is 36.8. The van der Waals surface area contributed by atoms with E-state index in [0.717, 1.165) is 55.9 Å². The highest BCUT2D eigenvalue weighted by atomic mass is 19.1. The number of allylic oxidation sites excluding steroid dienone is 4. The van der Waals surface area contributed by atoms with Crippen LogP contribution in [0.3, 0.4) is 0 Å².